The number of hydrogen-bond acceptors (Lipinski definition) is 5. The minimum Gasteiger partial charge on any atom is -0.450 e. The summed E-state index contributed by atoms with van der Waals surface area (Å²) in [7, 11) is 0. The number of carbonyl (C=O) groups is 1. The van der Waals surface area contributed by atoms with Gasteiger partial charge in [-0.3, -0.25) is 4.79 Å². The number of anilines is 1. The average molecular weight is 304 g/mol. The Morgan fingerprint density at radius 2 is 2.14 bits per heavy atom. The van der Waals surface area contributed by atoms with E-state index >= 15 is 0 Å². The SMILES string of the molecule is CCCCCOc1nc2cc(NC(C)=O)cc(C)c2c(=O)o1. The van der Waals surface area contributed by atoms with Crippen LogP contribution in [0, 0.1) is 6.92 Å². The molecular formula is C16H20N2O4. The molecule has 0 saturated heterocycles. The predicted octanol–water partition coefficient (Wildman–Crippen LogP) is 3.02. The zero-order valence-electron chi connectivity index (χ0n) is 13.1. The lowest BCUT2D eigenvalue weighted by Gasteiger charge is -2.08. The van der Waals surface area contributed by atoms with Crippen LogP contribution in [0.5, 0.6) is 6.08 Å². The largest absolute Gasteiger partial charge is 0.450 e. The second kappa shape index (κ2) is 7.06. The van der Waals surface area contributed by atoms with E-state index in [1.165, 1.54) is 6.92 Å². The summed E-state index contributed by atoms with van der Waals surface area (Å²) in [5, 5.41) is 3.08. The number of nitrogens with one attached hydrogen (secondary N) is 1. The number of unbranched alkanes of at least 4 members (excludes halogenated alkanes) is 2. The van der Waals surface area contributed by atoms with Gasteiger partial charge >= 0.3 is 11.7 Å². The maximum absolute atomic E-state index is 12.1. The quantitative estimate of drug-likeness (QED) is 0.830. The zero-order chi connectivity index (χ0) is 16.1. The molecule has 1 amide bonds. The smallest absolute Gasteiger partial charge is 0.397 e. The fourth-order valence-electron chi connectivity index (χ4n) is 2.22. The van der Waals surface area contributed by atoms with Crippen molar-refractivity contribution in [2.75, 3.05) is 11.9 Å². The van der Waals surface area contributed by atoms with Gasteiger partial charge in [0.05, 0.1) is 17.5 Å². The summed E-state index contributed by atoms with van der Waals surface area (Å²) in [4.78, 5) is 27.5. The number of amides is 1. The van der Waals surface area contributed by atoms with Crippen molar-refractivity contribution < 1.29 is 13.9 Å². The van der Waals surface area contributed by atoms with Gasteiger partial charge in [0, 0.05) is 12.6 Å². The molecule has 1 aromatic heterocycles. The molecular weight excluding hydrogens is 284 g/mol. The van der Waals surface area contributed by atoms with E-state index in [0.717, 1.165) is 19.3 Å². The Hall–Kier alpha value is -2.37. The van der Waals surface area contributed by atoms with E-state index in [1.54, 1.807) is 19.1 Å². The Morgan fingerprint density at radius 3 is 2.82 bits per heavy atom. The van der Waals surface area contributed by atoms with Crippen molar-refractivity contribution >= 4 is 22.5 Å². The Kier molecular flexibility index (Phi) is 5.14. The van der Waals surface area contributed by atoms with E-state index in [-0.39, 0.29) is 12.0 Å². The van der Waals surface area contributed by atoms with Crippen LogP contribution in [0.3, 0.4) is 0 Å². The Morgan fingerprint density at radius 1 is 1.36 bits per heavy atom. The van der Waals surface area contributed by atoms with E-state index < -0.39 is 5.63 Å². The highest BCUT2D eigenvalue weighted by molar-refractivity contribution is 5.93. The van der Waals surface area contributed by atoms with Crippen LogP contribution in [-0.4, -0.2) is 17.5 Å². The van der Waals surface area contributed by atoms with Crippen LogP contribution >= 0.6 is 0 Å². The summed E-state index contributed by atoms with van der Waals surface area (Å²) < 4.78 is 10.5. The molecule has 0 aliphatic carbocycles. The molecule has 6 heteroatoms. The van der Waals surface area contributed by atoms with E-state index in [1.807, 2.05) is 0 Å². The third-order valence-corrected chi connectivity index (χ3v) is 3.20. The maximum Gasteiger partial charge on any atom is 0.397 e. The number of aryl methyl sites for hydroxylation is 1. The van der Waals surface area contributed by atoms with Crippen LogP contribution in [0.1, 0.15) is 38.7 Å². The molecule has 0 atom stereocenters. The van der Waals surface area contributed by atoms with E-state index in [0.29, 0.717) is 28.8 Å². The van der Waals surface area contributed by atoms with Gasteiger partial charge in [-0.05, 0) is 31.0 Å². The van der Waals surface area contributed by atoms with Crippen molar-refractivity contribution in [2.45, 2.75) is 40.0 Å². The normalized spacial score (nSPS) is 10.7. The molecule has 0 radical (unpaired) electrons. The van der Waals surface area contributed by atoms with Crippen molar-refractivity contribution in [3.8, 4) is 6.08 Å². The molecule has 2 rings (SSSR count). The molecule has 22 heavy (non-hydrogen) atoms. The molecule has 0 saturated carbocycles. The number of carbonyl (C=O) groups excluding carboxylic acids is 1. The summed E-state index contributed by atoms with van der Waals surface area (Å²) in [6, 6.07) is 3.35. The number of aromatic nitrogens is 1. The summed E-state index contributed by atoms with van der Waals surface area (Å²) in [5.74, 6) is -0.183. The van der Waals surface area contributed by atoms with Crippen molar-refractivity contribution in [3.05, 3.63) is 28.1 Å². The van der Waals surface area contributed by atoms with Crippen molar-refractivity contribution in [1.82, 2.24) is 4.98 Å². The van der Waals surface area contributed by atoms with Crippen LogP contribution in [0.4, 0.5) is 5.69 Å². The van der Waals surface area contributed by atoms with Gasteiger partial charge in [0.15, 0.2) is 0 Å². The van der Waals surface area contributed by atoms with Gasteiger partial charge in [0.1, 0.15) is 0 Å². The molecule has 0 fully saturated rings. The van der Waals surface area contributed by atoms with Crippen LogP contribution in [0.25, 0.3) is 10.9 Å². The first-order valence-electron chi connectivity index (χ1n) is 7.37. The van der Waals surface area contributed by atoms with Crippen LogP contribution in [0.2, 0.25) is 0 Å². The summed E-state index contributed by atoms with van der Waals surface area (Å²) in [6.07, 6.45) is 2.97. The van der Waals surface area contributed by atoms with E-state index in [2.05, 4.69) is 17.2 Å². The van der Waals surface area contributed by atoms with Gasteiger partial charge in [-0.25, -0.2) is 4.79 Å². The Bertz CT molecular complexity index is 737. The second-order valence-corrected chi connectivity index (χ2v) is 5.19. The topological polar surface area (TPSA) is 81.4 Å². The monoisotopic (exact) mass is 304 g/mol. The molecule has 0 unspecified atom stereocenters. The molecule has 1 N–H and O–H groups in total. The third-order valence-electron chi connectivity index (χ3n) is 3.20. The summed E-state index contributed by atoms with van der Waals surface area (Å²) >= 11 is 0. The number of hydrogen-bond donors (Lipinski definition) is 1. The van der Waals surface area contributed by atoms with Crippen molar-refractivity contribution in [3.63, 3.8) is 0 Å². The number of nitrogens with zero attached hydrogens (tertiary/aromatic N) is 1. The third kappa shape index (κ3) is 3.84. The number of fused-ring (bicyclic) bond motifs is 1. The molecule has 6 nitrogen and oxygen atoms in total. The van der Waals surface area contributed by atoms with Crippen LogP contribution < -0.4 is 15.7 Å². The van der Waals surface area contributed by atoms with Gasteiger partial charge in [-0.15, -0.1) is 0 Å². The first-order valence-corrected chi connectivity index (χ1v) is 7.37. The fraction of sp³-hybridized carbons (Fsp3) is 0.438. The molecule has 1 heterocycles. The predicted molar refractivity (Wildman–Crippen MR) is 84.3 cm³/mol. The molecule has 0 aliphatic heterocycles. The first-order chi connectivity index (χ1) is 10.5. The van der Waals surface area contributed by atoms with E-state index in [9.17, 15) is 9.59 Å². The van der Waals surface area contributed by atoms with Crippen molar-refractivity contribution in [1.29, 1.82) is 0 Å². The summed E-state index contributed by atoms with van der Waals surface area (Å²) in [6.45, 7) is 5.75. The molecule has 0 bridgehead atoms. The standard InChI is InChI=1S/C16H20N2O4/c1-4-5-6-7-21-16-18-13-9-12(17-11(3)19)8-10(2)14(13)15(20)22-16/h8-9H,4-7H2,1-3H3,(H,17,19). The van der Waals surface area contributed by atoms with E-state index in [4.69, 9.17) is 9.15 Å². The maximum atomic E-state index is 12.1. The van der Waals surface area contributed by atoms with Gasteiger partial charge < -0.3 is 14.5 Å². The zero-order valence-corrected chi connectivity index (χ0v) is 13.1. The minimum atomic E-state index is -0.484. The molecule has 0 aliphatic rings. The highest BCUT2D eigenvalue weighted by atomic mass is 16.6. The van der Waals surface area contributed by atoms with Crippen LogP contribution in [0.15, 0.2) is 21.3 Å². The number of rotatable bonds is 6. The lowest BCUT2D eigenvalue weighted by molar-refractivity contribution is -0.114. The van der Waals surface area contributed by atoms with Gasteiger partial charge in [-0.2, -0.15) is 4.98 Å². The Labute approximate surface area is 128 Å². The number of benzene rings is 1. The minimum absolute atomic E-state index is 0.0343. The average Bonchev–Trinajstić information content (AvgIpc) is 2.42. The van der Waals surface area contributed by atoms with Crippen LogP contribution in [-0.2, 0) is 4.79 Å². The van der Waals surface area contributed by atoms with Gasteiger partial charge in [-0.1, -0.05) is 19.8 Å². The first kappa shape index (κ1) is 16.0. The molecule has 1 aromatic carbocycles. The van der Waals surface area contributed by atoms with Gasteiger partial charge in [0.2, 0.25) is 5.91 Å². The fourth-order valence-corrected chi connectivity index (χ4v) is 2.22. The highest BCUT2D eigenvalue weighted by Gasteiger charge is 2.11. The highest BCUT2D eigenvalue weighted by Crippen LogP contribution is 2.21. The molecule has 2 aromatic rings. The lowest BCUT2D eigenvalue weighted by atomic mass is 10.1. The second-order valence-electron chi connectivity index (χ2n) is 5.19. The molecule has 0 spiro atoms. The lowest BCUT2D eigenvalue weighted by Crippen LogP contribution is -2.10. The number of ether oxygens (including phenoxy) is 1. The molecule has 118 valence electrons. The van der Waals surface area contributed by atoms with Crippen molar-refractivity contribution in [2.24, 2.45) is 0 Å². The summed E-state index contributed by atoms with van der Waals surface area (Å²) in [5.41, 5.74) is 1.25. The Balaban J connectivity index is 2.34. The van der Waals surface area contributed by atoms with Gasteiger partial charge in [0.25, 0.3) is 0 Å².